The van der Waals surface area contributed by atoms with Crippen LogP contribution in [0.1, 0.15) is 26.2 Å². The molecule has 4 heteroatoms. The first-order valence-corrected chi connectivity index (χ1v) is 5.39. The molecule has 0 aliphatic carbocycles. The Morgan fingerprint density at radius 1 is 1.64 bits per heavy atom. The number of piperazine rings is 1. The van der Waals surface area contributed by atoms with Gasteiger partial charge in [0.05, 0.1) is 6.42 Å². The van der Waals surface area contributed by atoms with Gasteiger partial charge in [-0.3, -0.25) is 9.69 Å². The molecule has 3 unspecified atom stereocenters. The number of hydrogen-bond acceptors (Lipinski definition) is 3. The van der Waals surface area contributed by atoms with Crippen molar-refractivity contribution in [1.29, 1.82) is 0 Å². The highest BCUT2D eigenvalue weighted by Crippen LogP contribution is 2.26. The summed E-state index contributed by atoms with van der Waals surface area (Å²) in [5, 5.41) is 12.3. The molecule has 0 aromatic heterocycles. The van der Waals surface area contributed by atoms with Gasteiger partial charge in [-0.15, -0.1) is 0 Å². The number of nitrogens with one attached hydrogen (secondary N) is 1. The SMILES string of the molecule is CC1NCC2CCCN2C1CC(=O)O. The Labute approximate surface area is 84.3 Å². The molecule has 0 aromatic rings. The van der Waals surface area contributed by atoms with Crippen LogP contribution in [0.3, 0.4) is 0 Å². The van der Waals surface area contributed by atoms with Gasteiger partial charge in [0.25, 0.3) is 0 Å². The molecule has 0 radical (unpaired) electrons. The highest BCUT2D eigenvalue weighted by Gasteiger charge is 2.38. The molecule has 4 nitrogen and oxygen atoms in total. The summed E-state index contributed by atoms with van der Waals surface area (Å²) in [6.45, 7) is 4.19. The number of carbonyl (C=O) groups is 1. The van der Waals surface area contributed by atoms with Gasteiger partial charge in [0, 0.05) is 24.7 Å². The fourth-order valence-corrected chi connectivity index (χ4v) is 2.73. The second-order valence-electron chi connectivity index (χ2n) is 4.40. The summed E-state index contributed by atoms with van der Waals surface area (Å²) < 4.78 is 0. The Bertz CT molecular complexity index is 232. The lowest BCUT2D eigenvalue weighted by Crippen LogP contribution is -2.59. The van der Waals surface area contributed by atoms with E-state index in [1.165, 1.54) is 12.8 Å². The number of carboxylic acids is 1. The number of fused-ring (bicyclic) bond motifs is 1. The third-order valence-corrected chi connectivity index (χ3v) is 3.49. The summed E-state index contributed by atoms with van der Waals surface area (Å²) >= 11 is 0. The third kappa shape index (κ3) is 1.77. The van der Waals surface area contributed by atoms with E-state index in [4.69, 9.17) is 5.11 Å². The van der Waals surface area contributed by atoms with Crippen LogP contribution in [0.2, 0.25) is 0 Å². The van der Waals surface area contributed by atoms with E-state index in [-0.39, 0.29) is 12.5 Å². The first kappa shape index (κ1) is 9.93. The van der Waals surface area contributed by atoms with Crippen molar-refractivity contribution in [2.24, 2.45) is 0 Å². The van der Waals surface area contributed by atoms with Crippen LogP contribution in [0.15, 0.2) is 0 Å². The minimum Gasteiger partial charge on any atom is -0.481 e. The molecule has 2 fully saturated rings. The van der Waals surface area contributed by atoms with E-state index < -0.39 is 5.97 Å². The Morgan fingerprint density at radius 2 is 2.43 bits per heavy atom. The molecule has 14 heavy (non-hydrogen) atoms. The third-order valence-electron chi connectivity index (χ3n) is 3.49. The van der Waals surface area contributed by atoms with Crippen molar-refractivity contribution < 1.29 is 9.90 Å². The van der Waals surface area contributed by atoms with Crippen LogP contribution < -0.4 is 5.32 Å². The standard InChI is InChI=1S/C10H18N2O2/c1-7-9(5-10(13)14)12-4-2-3-8(12)6-11-7/h7-9,11H,2-6H2,1H3,(H,13,14). The molecule has 2 saturated heterocycles. The van der Waals surface area contributed by atoms with Crippen molar-refractivity contribution in [2.45, 2.75) is 44.3 Å². The highest BCUT2D eigenvalue weighted by molar-refractivity contribution is 5.67. The van der Waals surface area contributed by atoms with E-state index in [2.05, 4.69) is 17.1 Å². The van der Waals surface area contributed by atoms with E-state index in [0.717, 1.165) is 13.1 Å². The molecule has 3 atom stereocenters. The van der Waals surface area contributed by atoms with Crippen molar-refractivity contribution in [3.05, 3.63) is 0 Å². The normalized spacial score (nSPS) is 38.2. The molecule has 2 rings (SSSR count). The lowest BCUT2D eigenvalue weighted by atomic mass is 9.99. The first-order chi connectivity index (χ1) is 6.68. The average Bonchev–Trinajstić information content (AvgIpc) is 2.57. The molecule has 2 heterocycles. The fraction of sp³-hybridized carbons (Fsp3) is 0.900. The van der Waals surface area contributed by atoms with E-state index >= 15 is 0 Å². The van der Waals surface area contributed by atoms with Crippen LogP contribution in [0.4, 0.5) is 0 Å². The van der Waals surface area contributed by atoms with Crippen LogP contribution in [0.5, 0.6) is 0 Å². The molecule has 0 aromatic carbocycles. The van der Waals surface area contributed by atoms with Gasteiger partial charge in [-0.2, -0.15) is 0 Å². The van der Waals surface area contributed by atoms with Crippen LogP contribution in [-0.2, 0) is 4.79 Å². The highest BCUT2D eigenvalue weighted by atomic mass is 16.4. The van der Waals surface area contributed by atoms with Crippen molar-refractivity contribution >= 4 is 5.97 Å². The maximum atomic E-state index is 10.7. The molecule has 0 amide bonds. The average molecular weight is 198 g/mol. The molecule has 2 aliphatic heterocycles. The zero-order valence-corrected chi connectivity index (χ0v) is 8.57. The van der Waals surface area contributed by atoms with Gasteiger partial charge in [0.15, 0.2) is 0 Å². The summed E-state index contributed by atoms with van der Waals surface area (Å²) in [6.07, 6.45) is 2.70. The quantitative estimate of drug-likeness (QED) is 0.669. The van der Waals surface area contributed by atoms with Crippen molar-refractivity contribution in [2.75, 3.05) is 13.1 Å². The largest absolute Gasteiger partial charge is 0.481 e. The van der Waals surface area contributed by atoms with E-state index in [1.807, 2.05) is 0 Å². The molecule has 2 N–H and O–H groups in total. The topological polar surface area (TPSA) is 52.6 Å². The van der Waals surface area contributed by atoms with Crippen molar-refractivity contribution in [1.82, 2.24) is 10.2 Å². The van der Waals surface area contributed by atoms with Crippen molar-refractivity contribution in [3.63, 3.8) is 0 Å². The molecule has 80 valence electrons. The molecule has 0 saturated carbocycles. The number of carboxylic acid groups (broad SMARTS) is 1. The summed E-state index contributed by atoms with van der Waals surface area (Å²) in [4.78, 5) is 13.1. The van der Waals surface area contributed by atoms with E-state index in [9.17, 15) is 4.79 Å². The molecular weight excluding hydrogens is 180 g/mol. The van der Waals surface area contributed by atoms with Crippen LogP contribution in [0.25, 0.3) is 0 Å². The zero-order valence-electron chi connectivity index (χ0n) is 8.57. The lowest BCUT2D eigenvalue weighted by Gasteiger charge is -2.41. The van der Waals surface area contributed by atoms with Gasteiger partial charge in [0.1, 0.15) is 0 Å². The number of hydrogen-bond donors (Lipinski definition) is 2. The molecule has 2 aliphatic rings. The predicted octanol–water partition coefficient (Wildman–Crippen LogP) is 0.286. The second kappa shape index (κ2) is 3.87. The van der Waals surface area contributed by atoms with E-state index in [1.54, 1.807) is 0 Å². The Balaban J connectivity index is 2.05. The Morgan fingerprint density at radius 3 is 3.14 bits per heavy atom. The Kier molecular flexibility index (Phi) is 2.74. The minimum atomic E-state index is -0.684. The second-order valence-corrected chi connectivity index (χ2v) is 4.40. The van der Waals surface area contributed by atoms with Crippen LogP contribution >= 0.6 is 0 Å². The fourth-order valence-electron chi connectivity index (χ4n) is 2.73. The van der Waals surface area contributed by atoms with Gasteiger partial charge in [-0.05, 0) is 26.3 Å². The monoisotopic (exact) mass is 198 g/mol. The summed E-state index contributed by atoms with van der Waals surface area (Å²) in [7, 11) is 0. The molecular formula is C10H18N2O2. The zero-order chi connectivity index (χ0) is 10.1. The van der Waals surface area contributed by atoms with Crippen LogP contribution in [-0.4, -0.2) is 47.2 Å². The maximum absolute atomic E-state index is 10.7. The van der Waals surface area contributed by atoms with Gasteiger partial charge in [-0.1, -0.05) is 0 Å². The van der Waals surface area contributed by atoms with Gasteiger partial charge in [0.2, 0.25) is 0 Å². The number of rotatable bonds is 2. The maximum Gasteiger partial charge on any atom is 0.304 e. The van der Waals surface area contributed by atoms with Gasteiger partial charge in [-0.25, -0.2) is 0 Å². The summed E-state index contributed by atoms with van der Waals surface area (Å²) in [6, 6.07) is 1.07. The van der Waals surface area contributed by atoms with Crippen molar-refractivity contribution in [3.8, 4) is 0 Å². The summed E-state index contributed by atoms with van der Waals surface area (Å²) in [5.41, 5.74) is 0. The summed E-state index contributed by atoms with van der Waals surface area (Å²) in [5.74, 6) is -0.684. The smallest absolute Gasteiger partial charge is 0.304 e. The lowest BCUT2D eigenvalue weighted by molar-refractivity contribution is -0.139. The first-order valence-electron chi connectivity index (χ1n) is 5.39. The minimum absolute atomic E-state index is 0.189. The molecule has 0 bridgehead atoms. The Hall–Kier alpha value is -0.610. The molecule has 0 spiro atoms. The predicted molar refractivity (Wildman–Crippen MR) is 53.2 cm³/mol. The number of aliphatic carboxylic acids is 1. The van der Waals surface area contributed by atoms with Gasteiger partial charge < -0.3 is 10.4 Å². The van der Waals surface area contributed by atoms with Crippen LogP contribution in [0, 0.1) is 0 Å². The number of nitrogens with zero attached hydrogens (tertiary/aromatic N) is 1. The van der Waals surface area contributed by atoms with E-state index in [0.29, 0.717) is 12.1 Å². The van der Waals surface area contributed by atoms with Gasteiger partial charge >= 0.3 is 5.97 Å².